The smallest absolute Gasteiger partial charge is 0.335 e. The Bertz CT molecular complexity index is 1320. The Hall–Kier alpha value is -4.40. The molecule has 1 heterocycles. The van der Waals surface area contributed by atoms with Crippen LogP contribution in [0.4, 0.5) is 18.9 Å². The Morgan fingerprint density at radius 2 is 1.75 bits per heavy atom. The summed E-state index contributed by atoms with van der Waals surface area (Å²) < 4.78 is 42.6. The second kappa shape index (κ2) is 8.76. The maximum atomic E-state index is 14.4. The molecule has 2 N–H and O–H groups in total. The first-order chi connectivity index (χ1) is 15.4. The monoisotopic (exact) mass is 436 g/mol. The van der Waals surface area contributed by atoms with Gasteiger partial charge in [-0.15, -0.1) is 0 Å². The van der Waals surface area contributed by atoms with Crippen molar-refractivity contribution < 1.29 is 23.1 Å². The van der Waals surface area contributed by atoms with E-state index in [0.29, 0.717) is 16.9 Å². The molecule has 4 rings (SSSR count). The number of aromatic nitrogens is 2. The van der Waals surface area contributed by atoms with Crippen molar-refractivity contribution in [3.63, 3.8) is 0 Å². The summed E-state index contributed by atoms with van der Waals surface area (Å²) in [6, 6.07) is 14.7. The zero-order valence-corrected chi connectivity index (χ0v) is 16.3. The van der Waals surface area contributed by atoms with Crippen molar-refractivity contribution in [2.45, 2.75) is 0 Å². The number of anilines is 1. The van der Waals surface area contributed by atoms with E-state index >= 15 is 0 Å². The van der Waals surface area contributed by atoms with Gasteiger partial charge in [-0.25, -0.2) is 22.6 Å². The number of benzene rings is 3. The van der Waals surface area contributed by atoms with E-state index < -0.39 is 23.4 Å². The summed E-state index contributed by atoms with van der Waals surface area (Å²) in [6.07, 6.45) is 2.93. The van der Waals surface area contributed by atoms with E-state index in [9.17, 15) is 18.0 Å². The van der Waals surface area contributed by atoms with Crippen LogP contribution in [0, 0.1) is 17.5 Å². The Kier molecular flexibility index (Phi) is 5.71. The molecular formula is C23H15F3N4O2. The molecule has 0 aliphatic carbocycles. The molecule has 32 heavy (non-hydrogen) atoms. The number of hydrogen-bond acceptors (Lipinski definition) is 4. The number of carbonyl (C=O) groups is 1. The lowest BCUT2D eigenvalue weighted by Crippen LogP contribution is -1.99. The van der Waals surface area contributed by atoms with Crippen molar-refractivity contribution in [2.75, 3.05) is 5.43 Å². The van der Waals surface area contributed by atoms with Crippen molar-refractivity contribution >= 4 is 17.9 Å². The number of aromatic carboxylic acids is 1. The van der Waals surface area contributed by atoms with E-state index in [-0.39, 0.29) is 16.8 Å². The van der Waals surface area contributed by atoms with Gasteiger partial charge in [-0.05, 0) is 54.6 Å². The number of hydrazone groups is 1. The fraction of sp³-hybridized carbons (Fsp3) is 0. The van der Waals surface area contributed by atoms with E-state index in [1.807, 2.05) is 0 Å². The Balaban J connectivity index is 1.72. The molecule has 9 heteroatoms. The van der Waals surface area contributed by atoms with Crippen LogP contribution in [0.5, 0.6) is 0 Å². The molecule has 0 atom stereocenters. The minimum atomic E-state index is -1.07. The highest BCUT2D eigenvalue weighted by Gasteiger charge is 2.16. The minimum absolute atomic E-state index is 0.0551. The van der Waals surface area contributed by atoms with Gasteiger partial charge in [0.05, 0.1) is 23.2 Å². The molecule has 0 spiro atoms. The van der Waals surface area contributed by atoms with Crippen molar-refractivity contribution in [1.29, 1.82) is 0 Å². The standard InChI is InChI=1S/C23H15F3N4O2/c24-16-2-1-3-18(10-16)28-27-12-15-13-30(19-7-4-14(5-8-19)23(31)32)29-22(15)20-9-6-17(25)11-21(20)26/h1-13,28H,(H,31,32)/b27-12+. The van der Waals surface area contributed by atoms with Gasteiger partial charge in [-0.2, -0.15) is 10.2 Å². The number of carboxylic acids is 1. The van der Waals surface area contributed by atoms with Gasteiger partial charge >= 0.3 is 5.97 Å². The Labute approximate surface area is 180 Å². The van der Waals surface area contributed by atoms with Crippen molar-refractivity contribution in [1.82, 2.24) is 9.78 Å². The third-order valence-corrected chi connectivity index (χ3v) is 4.53. The first kappa shape index (κ1) is 20.9. The van der Waals surface area contributed by atoms with Crippen LogP contribution in [0.25, 0.3) is 16.9 Å². The number of carboxylic acid groups (broad SMARTS) is 1. The predicted octanol–water partition coefficient (Wildman–Crippen LogP) is 5.10. The van der Waals surface area contributed by atoms with Crippen molar-refractivity contribution in [3.8, 4) is 16.9 Å². The van der Waals surface area contributed by atoms with Gasteiger partial charge in [0.15, 0.2) is 0 Å². The molecule has 4 aromatic rings. The zero-order chi connectivity index (χ0) is 22.7. The summed E-state index contributed by atoms with van der Waals surface area (Å²) in [5.41, 5.74) is 4.35. The molecule has 160 valence electrons. The van der Waals surface area contributed by atoms with Gasteiger partial charge in [-0.1, -0.05) is 6.07 Å². The van der Waals surface area contributed by atoms with Gasteiger partial charge in [0.2, 0.25) is 0 Å². The molecule has 3 aromatic carbocycles. The minimum Gasteiger partial charge on any atom is -0.478 e. The van der Waals surface area contributed by atoms with Crippen LogP contribution in [0.3, 0.4) is 0 Å². The maximum absolute atomic E-state index is 14.4. The fourth-order valence-electron chi connectivity index (χ4n) is 3.00. The molecule has 0 bridgehead atoms. The largest absolute Gasteiger partial charge is 0.478 e. The quantitative estimate of drug-likeness (QED) is 0.326. The topological polar surface area (TPSA) is 79.5 Å². The molecule has 0 saturated heterocycles. The first-order valence-electron chi connectivity index (χ1n) is 9.34. The average Bonchev–Trinajstić information content (AvgIpc) is 3.18. The van der Waals surface area contributed by atoms with Crippen LogP contribution < -0.4 is 5.43 Å². The first-order valence-corrected chi connectivity index (χ1v) is 9.34. The molecule has 0 aliphatic heterocycles. The third-order valence-electron chi connectivity index (χ3n) is 4.53. The van der Waals surface area contributed by atoms with E-state index in [4.69, 9.17) is 5.11 Å². The highest BCUT2D eigenvalue weighted by Crippen LogP contribution is 2.26. The molecule has 0 amide bonds. The van der Waals surface area contributed by atoms with Crippen LogP contribution in [0.15, 0.2) is 78.0 Å². The van der Waals surface area contributed by atoms with Gasteiger partial charge in [0, 0.05) is 23.4 Å². The molecular weight excluding hydrogens is 421 g/mol. The summed E-state index contributed by atoms with van der Waals surface area (Å²) in [6.45, 7) is 0. The number of rotatable bonds is 6. The molecule has 0 saturated carbocycles. The van der Waals surface area contributed by atoms with Gasteiger partial charge in [0.25, 0.3) is 0 Å². The zero-order valence-electron chi connectivity index (χ0n) is 16.3. The Morgan fingerprint density at radius 1 is 1.00 bits per heavy atom. The van der Waals surface area contributed by atoms with E-state index in [1.54, 1.807) is 24.4 Å². The maximum Gasteiger partial charge on any atom is 0.335 e. The summed E-state index contributed by atoms with van der Waals surface area (Å²) in [4.78, 5) is 11.1. The van der Waals surface area contributed by atoms with Gasteiger partial charge in [-0.3, -0.25) is 5.43 Å². The lowest BCUT2D eigenvalue weighted by Gasteiger charge is -2.03. The summed E-state index contributed by atoms with van der Waals surface area (Å²) in [7, 11) is 0. The summed E-state index contributed by atoms with van der Waals surface area (Å²) in [5.74, 6) is -3.03. The SMILES string of the molecule is O=C(O)c1ccc(-n2cc(/C=N/Nc3cccc(F)c3)c(-c3ccc(F)cc3F)n2)cc1. The van der Waals surface area contributed by atoms with Crippen molar-refractivity contribution in [2.24, 2.45) is 5.10 Å². The molecule has 0 radical (unpaired) electrons. The Morgan fingerprint density at radius 3 is 2.44 bits per heavy atom. The second-order valence-electron chi connectivity index (χ2n) is 6.73. The normalized spacial score (nSPS) is 11.1. The van der Waals surface area contributed by atoms with Crippen molar-refractivity contribution in [3.05, 3.63) is 102 Å². The van der Waals surface area contributed by atoms with Gasteiger partial charge in [0.1, 0.15) is 23.1 Å². The highest BCUT2D eigenvalue weighted by atomic mass is 19.1. The predicted molar refractivity (Wildman–Crippen MR) is 113 cm³/mol. The number of nitrogens with one attached hydrogen (secondary N) is 1. The lowest BCUT2D eigenvalue weighted by atomic mass is 10.1. The molecule has 0 aliphatic rings. The molecule has 6 nitrogen and oxygen atoms in total. The van der Waals surface area contributed by atoms with Gasteiger partial charge < -0.3 is 5.11 Å². The third kappa shape index (κ3) is 4.51. The van der Waals surface area contributed by atoms with Crippen LogP contribution in [0.1, 0.15) is 15.9 Å². The number of nitrogens with zero attached hydrogens (tertiary/aromatic N) is 3. The van der Waals surface area contributed by atoms with E-state index in [0.717, 1.165) is 12.1 Å². The fourth-order valence-corrected chi connectivity index (χ4v) is 3.00. The summed E-state index contributed by atoms with van der Waals surface area (Å²) >= 11 is 0. The van der Waals surface area contributed by atoms with Crippen LogP contribution in [0.2, 0.25) is 0 Å². The molecule has 1 aromatic heterocycles. The lowest BCUT2D eigenvalue weighted by molar-refractivity contribution is 0.0697. The molecule has 0 unspecified atom stereocenters. The second-order valence-corrected chi connectivity index (χ2v) is 6.73. The van der Waals surface area contributed by atoms with Crippen LogP contribution in [-0.4, -0.2) is 27.1 Å². The number of hydrogen-bond donors (Lipinski definition) is 2. The van der Waals surface area contributed by atoms with Crippen LogP contribution >= 0.6 is 0 Å². The average molecular weight is 436 g/mol. The van der Waals surface area contributed by atoms with Crippen LogP contribution in [-0.2, 0) is 0 Å². The summed E-state index contributed by atoms with van der Waals surface area (Å²) in [5, 5.41) is 17.5. The van der Waals surface area contributed by atoms with E-state index in [2.05, 4.69) is 15.6 Å². The highest BCUT2D eigenvalue weighted by molar-refractivity contribution is 5.89. The number of halogens is 3. The van der Waals surface area contributed by atoms with E-state index in [1.165, 1.54) is 47.3 Å². The molecule has 0 fully saturated rings.